The van der Waals surface area contributed by atoms with Gasteiger partial charge in [-0.25, -0.2) is 9.13 Å². The average Bonchev–Trinajstić information content (AvgIpc) is 1.37. The first-order chi connectivity index (χ1) is 48.7. The number of aliphatic hydroxyl groups excluding tert-OH is 1. The van der Waals surface area contributed by atoms with Crippen molar-refractivity contribution in [3.63, 3.8) is 0 Å². The van der Waals surface area contributed by atoms with Gasteiger partial charge in [-0.2, -0.15) is 0 Å². The van der Waals surface area contributed by atoms with Gasteiger partial charge >= 0.3 is 39.5 Å². The van der Waals surface area contributed by atoms with E-state index in [0.29, 0.717) is 31.6 Å². The number of ether oxygens (including phenoxy) is 4. The molecular weight excluding hydrogens is 1320 g/mol. The Morgan fingerprint density at radius 2 is 0.535 bits per heavy atom. The summed E-state index contributed by atoms with van der Waals surface area (Å²) in [4.78, 5) is 73.0. The summed E-state index contributed by atoms with van der Waals surface area (Å²) in [7, 11) is -9.93. The van der Waals surface area contributed by atoms with Crippen LogP contribution in [0.4, 0.5) is 0 Å². The van der Waals surface area contributed by atoms with Gasteiger partial charge in [0.15, 0.2) is 12.2 Å². The van der Waals surface area contributed by atoms with Crippen molar-refractivity contribution in [1.82, 2.24) is 0 Å². The lowest BCUT2D eigenvalue weighted by molar-refractivity contribution is -0.161. The second-order valence-corrected chi connectivity index (χ2v) is 33.2. The molecule has 0 aliphatic rings. The third-order valence-electron chi connectivity index (χ3n) is 18.5. The smallest absolute Gasteiger partial charge is 0.462 e. The number of phosphoric ester groups is 2. The summed E-state index contributed by atoms with van der Waals surface area (Å²) in [6.07, 6.45) is 63.4. The SMILES string of the molecule is CCCCCC/C=C\C=C/CCCCCCCC(=O)O[C@H](COC(=O)CCCCCCCCCC(C)C)COP(=O)(O)OCC(O)COP(=O)(O)OC[C@@H](COC(=O)CCCCCCCCCCCCCCCCCCCCC(C)C)OC(=O)CCCCCCCCCCCCCCC(C)C. The number of aliphatic hydroxyl groups is 1. The third-order valence-corrected chi connectivity index (χ3v) is 20.4. The van der Waals surface area contributed by atoms with Gasteiger partial charge in [-0.15, -0.1) is 0 Å². The van der Waals surface area contributed by atoms with Crippen LogP contribution in [-0.4, -0.2) is 96.7 Å². The number of rotatable bonds is 78. The van der Waals surface area contributed by atoms with Gasteiger partial charge in [-0.1, -0.05) is 349 Å². The summed E-state index contributed by atoms with van der Waals surface area (Å²) in [5, 5.41) is 10.6. The molecule has 0 heterocycles. The average molecular weight is 1480 g/mol. The fraction of sp³-hybridized carbons (Fsp3) is 0.902. The summed E-state index contributed by atoms with van der Waals surface area (Å²) in [5.74, 6) is 0.157. The number of esters is 4. The van der Waals surface area contributed by atoms with Crippen LogP contribution in [0.1, 0.15) is 402 Å². The van der Waals surface area contributed by atoms with Gasteiger partial charge in [0, 0.05) is 25.7 Å². The quantitative estimate of drug-likeness (QED) is 0.0169. The molecule has 0 aliphatic carbocycles. The molecule has 3 unspecified atom stereocenters. The summed E-state index contributed by atoms with van der Waals surface area (Å²) in [6.45, 7) is 11.9. The molecule has 0 radical (unpaired) electrons. The molecule has 0 spiro atoms. The predicted octanol–water partition coefficient (Wildman–Crippen LogP) is 24.1. The second kappa shape index (κ2) is 71.8. The zero-order chi connectivity index (χ0) is 74.4. The van der Waals surface area contributed by atoms with Crippen LogP contribution >= 0.6 is 15.6 Å². The molecule has 0 saturated heterocycles. The highest BCUT2D eigenvalue weighted by Crippen LogP contribution is 2.45. The maximum atomic E-state index is 13.1. The van der Waals surface area contributed by atoms with Crippen molar-refractivity contribution in [1.29, 1.82) is 0 Å². The number of hydrogen-bond donors (Lipinski definition) is 3. The standard InChI is InChI=1S/C82H156O17P2/c1-8-9-10-11-12-13-14-15-20-25-31-36-43-51-58-65-81(86)99-78(70-93-80(85)64-57-50-45-38-41-48-55-62-75(6)7)72-97-101(90,91)95-68-76(83)67-94-100(88,89)96-71-77(98-82(87)66-59-52-44-37-32-27-26-29-34-40-47-54-61-74(4)5)69-92-79(84)63-56-49-42-35-30-24-22-19-17-16-18-21-23-28-33-39-46-53-60-73(2)3/h13-15,20,73-78,83H,8-12,16-19,21-72H2,1-7H3,(H,88,89)(H,90,91)/b14-13-,20-15-/t76?,77-,78-/m1/s1. The Labute approximate surface area is 618 Å². The lowest BCUT2D eigenvalue weighted by Crippen LogP contribution is -2.30. The molecule has 0 saturated carbocycles. The molecule has 17 nitrogen and oxygen atoms in total. The van der Waals surface area contributed by atoms with E-state index in [2.05, 4.69) is 72.8 Å². The Hall–Kier alpha value is -2.46. The van der Waals surface area contributed by atoms with Gasteiger partial charge in [0.1, 0.15) is 19.3 Å². The van der Waals surface area contributed by atoms with Gasteiger partial charge < -0.3 is 33.8 Å². The van der Waals surface area contributed by atoms with E-state index >= 15 is 0 Å². The fourth-order valence-electron chi connectivity index (χ4n) is 12.1. The molecule has 0 aliphatic heterocycles. The molecule has 5 atom stereocenters. The molecule has 0 fully saturated rings. The van der Waals surface area contributed by atoms with Crippen molar-refractivity contribution in [3.05, 3.63) is 24.3 Å². The van der Waals surface area contributed by atoms with Crippen LogP contribution in [0.25, 0.3) is 0 Å². The van der Waals surface area contributed by atoms with E-state index in [1.807, 2.05) is 0 Å². The summed E-state index contributed by atoms with van der Waals surface area (Å²) in [6, 6.07) is 0. The van der Waals surface area contributed by atoms with Crippen molar-refractivity contribution in [2.45, 2.75) is 420 Å². The molecule has 0 aromatic carbocycles. The number of carbonyl (C=O) groups excluding carboxylic acids is 4. The predicted molar refractivity (Wildman–Crippen MR) is 414 cm³/mol. The molecule has 0 bridgehead atoms. The summed E-state index contributed by atoms with van der Waals surface area (Å²) in [5.41, 5.74) is 0. The van der Waals surface area contributed by atoms with Crippen molar-refractivity contribution >= 4 is 39.5 Å². The van der Waals surface area contributed by atoms with Crippen LogP contribution in [-0.2, 0) is 65.4 Å². The van der Waals surface area contributed by atoms with E-state index in [-0.39, 0.29) is 25.7 Å². The first kappa shape index (κ1) is 98.5. The van der Waals surface area contributed by atoms with Crippen LogP contribution in [0.15, 0.2) is 24.3 Å². The fourth-order valence-corrected chi connectivity index (χ4v) is 13.7. The number of carbonyl (C=O) groups is 4. The Morgan fingerprint density at radius 1 is 0.307 bits per heavy atom. The highest BCUT2D eigenvalue weighted by atomic mass is 31.2. The summed E-state index contributed by atoms with van der Waals surface area (Å²) < 4.78 is 68.7. The largest absolute Gasteiger partial charge is 0.472 e. The minimum atomic E-state index is -4.97. The van der Waals surface area contributed by atoms with Crippen molar-refractivity contribution in [2.24, 2.45) is 17.8 Å². The zero-order valence-corrected chi connectivity index (χ0v) is 67.6. The van der Waals surface area contributed by atoms with Gasteiger partial charge in [-0.3, -0.25) is 37.3 Å². The molecule has 0 rings (SSSR count). The minimum Gasteiger partial charge on any atom is -0.462 e. The first-order valence-electron chi connectivity index (χ1n) is 41.7. The highest BCUT2D eigenvalue weighted by Gasteiger charge is 2.30. The van der Waals surface area contributed by atoms with Gasteiger partial charge in [0.2, 0.25) is 0 Å². The number of phosphoric acid groups is 2. The Balaban J connectivity index is 5.24. The van der Waals surface area contributed by atoms with Crippen LogP contribution in [0.2, 0.25) is 0 Å². The molecule has 0 amide bonds. The normalized spacial score (nSPS) is 14.1. The van der Waals surface area contributed by atoms with E-state index in [1.165, 1.54) is 193 Å². The molecule has 596 valence electrons. The van der Waals surface area contributed by atoms with Crippen molar-refractivity contribution in [2.75, 3.05) is 39.6 Å². The molecular formula is C82H156O17P2. The second-order valence-electron chi connectivity index (χ2n) is 30.3. The Bertz CT molecular complexity index is 2050. The zero-order valence-electron chi connectivity index (χ0n) is 65.9. The van der Waals surface area contributed by atoms with Crippen LogP contribution < -0.4 is 0 Å². The van der Waals surface area contributed by atoms with Crippen LogP contribution in [0.5, 0.6) is 0 Å². The maximum Gasteiger partial charge on any atom is 0.472 e. The lowest BCUT2D eigenvalue weighted by Gasteiger charge is -2.21. The molecule has 101 heavy (non-hydrogen) atoms. The lowest BCUT2D eigenvalue weighted by atomic mass is 10.0. The van der Waals surface area contributed by atoms with E-state index in [4.69, 9.17) is 37.0 Å². The Morgan fingerprint density at radius 3 is 0.802 bits per heavy atom. The highest BCUT2D eigenvalue weighted by molar-refractivity contribution is 7.47. The van der Waals surface area contributed by atoms with E-state index in [0.717, 1.165) is 121 Å². The topological polar surface area (TPSA) is 237 Å². The van der Waals surface area contributed by atoms with E-state index in [9.17, 15) is 43.2 Å². The Kier molecular flexibility index (Phi) is 70.0. The van der Waals surface area contributed by atoms with E-state index in [1.54, 1.807) is 0 Å². The molecule has 3 N–H and O–H groups in total. The van der Waals surface area contributed by atoms with Gasteiger partial charge in [-0.05, 0) is 69.1 Å². The summed E-state index contributed by atoms with van der Waals surface area (Å²) >= 11 is 0. The van der Waals surface area contributed by atoms with Crippen molar-refractivity contribution < 1.29 is 80.2 Å². The molecule has 0 aromatic heterocycles. The van der Waals surface area contributed by atoms with Crippen LogP contribution in [0.3, 0.4) is 0 Å². The third kappa shape index (κ3) is 75.6. The maximum absolute atomic E-state index is 13.1. The van der Waals surface area contributed by atoms with Gasteiger partial charge in [0.05, 0.1) is 26.4 Å². The number of hydrogen-bond acceptors (Lipinski definition) is 15. The number of allylic oxidation sites excluding steroid dienone is 4. The molecule has 0 aromatic rings. The van der Waals surface area contributed by atoms with Crippen LogP contribution in [0, 0.1) is 17.8 Å². The minimum absolute atomic E-state index is 0.0841. The van der Waals surface area contributed by atoms with E-state index < -0.39 is 97.5 Å². The monoisotopic (exact) mass is 1480 g/mol. The van der Waals surface area contributed by atoms with Crippen molar-refractivity contribution in [3.8, 4) is 0 Å². The molecule has 19 heteroatoms. The first-order valence-corrected chi connectivity index (χ1v) is 44.7. The number of unbranched alkanes of at least 4 members (excludes halogenated alkanes) is 43. The van der Waals surface area contributed by atoms with Gasteiger partial charge in [0.25, 0.3) is 0 Å².